The highest BCUT2D eigenvalue weighted by Crippen LogP contribution is 2.30. The molecular weight excluding hydrogens is 330 g/mol. The maximum absolute atomic E-state index is 12.4. The van der Waals surface area contributed by atoms with E-state index in [4.69, 9.17) is 14.2 Å². The lowest BCUT2D eigenvalue weighted by atomic mass is 10.0. The molecule has 0 saturated heterocycles. The summed E-state index contributed by atoms with van der Waals surface area (Å²) in [7, 11) is 4.85. The van der Waals surface area contributed by atoms with Gasteiger partial charge in [0.1, 0.15) is 5.75 Å². The fourth-order valence-corrected chi connectivity index (χ4v) is 2.81. The van der Waals surface area contributed by atoms with Gasteiger partial charge in [0.25, 0.3) is 0 Å². The maximum atomic E-state index is 12.4. The first-order chi connectivity index (χ1) is 12.6. The number of methoxy groups -OCH3 is 3. The second-order valence-electron chi connectivity index (χ2n) is 5.99. The zero-order valence-corrected chi connectivity index (χ0v) is 15.9. The fraction of sp³-hybridized carbons (Fsp3) is 0.381. The minimum absolute atomic E-state index is 0.0300. The molecule has 5 heteroatoms. The molecule has 1 amide bonds. The minimum atomic E-state index is -0.0572. The van der Waals surface area contributed by atoms with Crippen LogP contribution < -0.4 is 19.5 Å². The molecule has 2 aromatic carbocycles. The molecule has 0 saturated carbocycles. The van der Waals surface area contributed by atoms with Crippen molar-refractivity contribution in [1.29, 1.82) is 0 Å². The summed E-state index contributed by atoms with van der Waals surface area (Å²) in [6, 6.07) is 13.5. The molecule has 0 bridgehead atoms. The molecule has 0 aliphatic carbocycles. The number of amides is 1. The Labute approximate surface area is 155 Å². The molecule has 0 aromatic heterocycles. The van der Waals surface area contributed by atoms with Crippen LogP contribution in [0.2, 0.25) is 0 Å². The third-order valence-corrected chi connectivity index (χ3v) is 4.35. The molecule has 5 nitrogen and oxygen atoms in total. The molecule has 0 unspecified atom stereocenters. The highest BCUT2D eigenvalue weighted by Gasteiger charge is 2.15. The first kappa shape index (κ1) is 19.6. The standard InChI is InChI=1S/C21H27NO4/c1-5-18(16-9-12-19(25-3)20(14-16)26-4)22-21(23)13-8-15-6-10-17(24-2)11-7-15/h6-7,9-12,14,18H,5,8,13H2,1-4H3,(H,22,23)/t18-/m1/s1. The number of aryl methyl sites for hydroxylation is 1. The average Bonchev–Trinajstić information content (AvgIpc) is 2.70. The van der Waals surface area contributed by atoms with E-state index in [2.05, 4.69) is 5.32 Å². The van der Waals surface area contributed by atoms with E-state index in [1.165, 1.54) is 0 Å². The van der Waals surface area contributed by atoms with Crippen LogP contribution in [0.1, 0.15) is 36.9 Å². The molecule has 0 radical (unpaired) electrons. The van der Waals surface area contributed by atoms with E-state index >= 15 is 0 Å². The molecular formula is C21H27NO4. The van der Waals surface area contributed by atoms with Gasteiger partial charge in [-0.05, 0) is 48.2 Å². The molecule has 26 heavy (non-hydrogen) atoms. The largest absolute Gasteiger partial charge is 0.497 e. The SMILES string of the molecule is CC[C@@H](NC(=O)CCc1ccc(OC)cc1)c1ccc(OC)c(OC)c1. The van der Waals surface area contributed by atoms with Crippen molar-refractivity contribution in [3.05, 3.63) is 53.6 Å². The summed E-state index contributed by atoms with van der Waals surface area (Å²) >= 11 is 0. The predicted octanol–water partition coefficient (Wildman–Crippen LogP) is 3.91. The Kier molecular flexibility index (Phi) is 7.33. The molecule has 2 aromatic rings. The van der Waals surface area contributed by atoms with Crippen molar-refractivity contribution in [2.24, 2.45) is 0 Å². The molecule has 1 atom stereocenters. The maximum Gasteiger partial charge on any atom is 0.220 e. The molecule has 2 rings (SSSR count). The van der Waals surface area contributed by atoms with Gasteiger partial charge in [-0.2, -0.15) is 0 Å². The van der Waals surface area contributed by atoms with Crippen LogP contribution in [0.3, 0.4) is 0 Å². The second-order valence-corrected chi connectivity index (χ2v) is 5.99. The first-order valence-corrected chi connectivity index (χ1v) is 8.75. The average molecular weight is 357 g/mol. The summed E-state index contributed by atoms with van der Waals surface area (Å²) < 4.78 is 15.8. The van der Waals surface area contributed by atoms with Crippen LogP contribution in [0.4, 0.5) is 0 Å². The van der Waals surface area contributed by atoms with Crippen LogP contribution in [0, 0.1) is 0 Å². The quantitative estimate of drug-likeness (QED) is 0.739. The Morgan fingerprint density at radius 2 is 1.65 bits per heavy atom. The van der Waals surface area contributed by atoms with Gasteiger partial charge in [-0.3, -0.25) is 4.79 Å². The summed E-state index contributed by atoms with van der Waals surface area (Å²) in [6.07, 6.45) is 1.93. The number of ether oxygens (including phenoxy) is 3. The Morgan fingerprint density at radius 3 is 2.23 bits per heavy atom. The van der Waals surface area contributed by atoms with Crippen LogP contribution in [-0.2, 0) is 11.2 Å². The second kappa shape index (κ2) is 9.70. The monoisotopic (exact) mass is 357 g/mol. The lowest BCUT2D eigenvalue weighted by Crippen LogP contribution is -2.28. The Morgan fingerprint density at radius 1 is 0.962 bits per heavy atom. The smallest absolute Gasteiger partial charge is 0.220 e. The highest BCUT2D eigenvalue weighted by atomic mass is 16.5. The van der Waals surface area contributed by atoms with Crippen molar-refractivity contribution in [3.8, 4) is 17.2 Å². The highest BCUT2D eigenvalue weighted by molar-refractivity contribution is 5.76. The number of hydrogen-bond acceptors (Lipinski definition) is 4. The van der Waals surface area contributed by atoms with Crippen molar-refractivity contribution in [2.45, 2.75) is 32.2 Å². The Bertz CT molecular complexity index is 712. The van der Waals surface area contributed by atoms with Gasteiger partial charge >= 0.3 is 0 Å². The van der Waals surface area contributed by atoms with E-state index in [9.17, 15) is 4.79 Å². The van der Waals surface area contributed by atoms with Crippen LogP contribution in [-0.4, -0.2) is 27.2 Å². The minimum Gasteiger partial charge on any atom is -0.497 e. The van der Waals surface area contributed by atoms with E-state index < -0.39 is 0 Å². The summed E-state index contributed by atoms with van der Waals surface area (Å²) in [4.78, 5) is 12.4. The van der Waals surface area contributed by atoms with Gasteiger partial charge in [-0.25, -0.2) is 0 Å². The number of carbonyl (C=O) groups is 1. The van der Waals surface area contributed by atoms with E-state index in [0.29, 0.717) is 24.3 Å². The van der Waals surface area contributed by atoms with E-state index in [1.807, 2.05) is 49.4 Å². The van der Waals surface area contributed by atoms with Crippen LogP contribution in [0.5, 0.6) is 17.2 Å². The zero-order valence-electron chi connectivity index (χ0n) is 15.9. The summed E-state index contributed by atoms with van der Waals surface area (Å²) in [6.45, 7) is 2.05. The first-order valence-electron chi connectivity index (χ1n) is 8.75. The van der Waals surface area contributed by atoms with Crippen molar-refractivity contribution in [2.75, 3.05) is 21.3 Å². The number of rotatable bonds is 9. The van der Waals surface area contributed by atoms with Crippen molar-refractivity contribution >= 4 is 5.91 Å². The third kappa shape index (κ3) is 5.15. The van der Waals surface area contributed by atoms with Gasteiger partial charge in [-0.15, -0.1) is 0 Å². The van der Waals surface area contributed by atoms with Gasteiger partial charge in [0.2, 0.25) is 5.91 Å². The lowest BCUT2D eigenvalue weighted by molar-refractivity contribution is -0.121. The molecule has 0 aliphatic rings. The van der Waals surface area contributed by atoms with Crippen LogP contribution >= 0.6 is 0 Å². The Hall–Kier alpha value is -2.69. The lowest BCUT2D eigenvalue weighted by Gasteiger charge is -2.19. The van der Waals surface area contributed by atoms with Gasteiger partial charge in [0.05, 0.1) is 27.4 Å². The molecule has 0 heterocycles. The summed E-state index contributed by atoms with van der Waals surface area (Å²) in [5, 5.41) is 3.10. The molecule has 1 N–H and O–H groups in total. The number of benzene rings is 2. The zero-order chi connectivity index (χ0) is 18.9. The van der Waals surface area contributed by atoms with Crippen LogP contribution in [0.25, 0.3) is 0 Å². The normalized spacial score (nSPS) is 11.5. The van der Waals surface area contributed by atoms with E-state index in [1.54, 1.807) is 21.3 Å². The van der Waals surface area contributed by atoms with Gasteiger partial charge < -0.3 is 19.5 Å². The van der Waals surface area contributed by atoms with Crippen molar-refractivity contribution < 1.29 is 19.0 Å². The fourth-order valence-electron chi connectivity index (χ4n) is 2.81. The number of nitrogens with one attached hydrogen (secondary N) is 1. The van der Waals surface area contributed by atoms with E-state index in [0.717, 1.165) is 23.3 Å². The van der Waals surface area contributed by atoms with Crippen LogP contribution in [0.15, 0.2) is 42.5 Å². The predicted molar refractivity (Wildman–Crippen MR) is 102 cm³/mol. The van der Waals surface area contributed by atoms with Crippen molar-refractivity contribution in [3.63, 3.8) is 0 Å². The van der Waals surface area contributed by atoms with E-state index in [-0.39, 0.29) is 11.9 Å². The summed E-state index contributed by atoms with van der Waals surface area (Å²) in [5.74, 6) is 2.19. The van der Waals surface area contributed by atoms with Gasteiger partial charge in [0.15, 0.2) is 11.5 Å². The number of carbonyl (C=O) groups excluding carboxylic acids is 1. The summed E-state index contributed by atoms with van der Waals surface area (Å²) in [5.41, 5.74) is 2.11. The molecule has 0 fully saturated rings. The van der Waals surface area contributed by atoms with Gasteiger partial charge in [0, 0.05) is 6.42 Å². The number of hydrogen-bond donors (Lipinski definition) is 1. The Balaban J connectivity index is 1.96. The third-order valence-electron chi connectivity index (χ3n) is 4.35. The van der Waals surface area contributed by atoms with Gasteiger partial charge in [-0.1, -0.05) is 25.1 Å². The van der Waals surface area contributed by atoms with Crippen molar-refractivity contribution in [1.82, 2.24) is 5.32 Å². The topological polar surface area (TPSA) is 56.8 Å². The molecule has 140 valence electrons. The molecule has 0 aliphatic heterocycles. The molecule has 0 spiro atoms.